The van der Waals surface area contributed by atoms with Gasteiger partial charge in [-0.15, -0.1) is 0 Å². The highest BCUT2D eigenvalue weighted by Gasteiger charge is 2.23. The van der Waals surface area contributed by atoms with Gasteiger partial charge in [0.05, 0.1) is 18.8 Å². The average Bonchev–Trinajstić information content (AvgIpc) is 3.24. The zero-order valence-corrected chi connectivity index (χ0v) is 15.0. The lowest BCUT2D eigenvalue weighted by Crippen LogP contribution is -2.31. The molecule has 6 heteroatoms. The van der Waals surface area contributed by atoms with Gasteiger partial charge in [0.15, 0.2) is 17.6 Å². The van der Waals surface area contributed by atoms with Gasteiger partial charge in [0.2, 0.25) is 0 Å². The normalized spacial score (nSPS) is 15.8. The third-order valence-corrected chi connectivity index (χ3v) is 4.52. The molecule has 1 aliphatic rings. The van der Waals surface area contributed by atoms with E-state index >= 15 is 0 Å². The number of para-hydroxylation sites is 2. The first-order valence-corrected chi connectivity index (χ1v) is 8.75. The van der Waals surface area contributed by atoms with E-state index in [9.17, 15) is 4.79 Å². The molecule has 1 amide bonds. The van der Waals surface area contributed by atoms with Crippen molar-refractivity contribution in [2.24, 2.45) is 0 Å². The van der Waals surface area contributed by atoms with Crippen LogP contribution in [0, 0.1) is 6.92 Å². The minimum absolute atomic E-state index is 0.204. The number of benzene rings is 1. The van der Waals surface area contributed by atoms with Crippen molar-refractivity contribution < 1.29 is 14.3 Å². The monoisotopic (exact) mass is 343 g/mol. The fourth-order valence-corrected chi connectivity index (χ4v) is 3.23. The lowest BCUT2D eigenvalue weighted by atomic mass is 10.2. The fourth-order valence-electron chi connectivity index (χ4n) is 3.23. The number of hydrogen-bond donors (Lipinski definition) is 1. The van der Waals surface area contributed by atoms with Crippen LogP contribution in [0.25, 0.3) is 0 Å². The molecule has 0 aliphatic heterocycles. The maximum absolute atomic E-state index is 12.6. The van der Waals surface area contributed by atoms with Crippen molar-refractivity contribution in [3.8, 4) is 11.5 Å². The zero-order chi connectivity index (χ0) is 17.8. The van der Waals surface area contributed by atoms with Crippen LogP contribution in [-0.2, 0) is 4.79 Å². The van der Waals surface area contributed by atoms with Crippen LogP contribution >= 0.6 is 0 Å². The number of rotatable bonds is 6. The largest absolute Gasteiger partial charge is 0.493 e. The maximum atomic E-state index is 12.6. The molecule has 0 radical (unpaired) electrons. The number of carbonyl (C=O) groups excluding carboxylic acids is 1. The summed E-state index contributed by atoms with van der Waals surface area (Å²) in [6.45, 7) is 3.67. The molecule has 1 N–H and O–H groups in total. The fraction of sp³-hybridized carbons (Fsp3) is 0.474. The summed E-state index contributed by atoms with van der Waals surface area (Å²) < 4.78 is 13.0. The van der Waals surface area contributed by atoms with Crippen molar-refractivity contribution in [1.29, 1.82) is 0 Å². The minimum atomic E-state index is -0.650. The number of nitrogens with zero attached hydrogens (tertiary/aromatic N) is 2. The molecule has 1 aliphatic carbocycles. The Balaban J connectivity index is 1.69. The van der Waals surface area contributed by atoms with Crippen molar-refractivity contribution in [2.75, 3.05) is 12.4 Å². The van der Waals surface area contributed by atoms with Crippen molar-refractivity contribution >= 4 is 11.7 Å². The standard InChI is InChI=1S/C19H25N3O3/c1-13-12-18(22(21-13)15-8-4-5-9-15)20-19(23)14(2)25-17-11-7-6-10-16(17)24-3/h6-7,10-12,14-15H,4-5,8-9H2,1-3H3,(H,20,23). The van der Waals surface area contributed by atoms with Crippen LogP contribution in [0.4, 0.5) is 5.82 Å². The number of aromatic nitrogens is 2. The average molecular weight is 343 g/mol. The predicted molar refractivity (Wildman–Crippen MR) is 96.2 cm³/mol. The molecule has 1 aromatic heterocycles. The highest BCUT2D eigenvalue weighted by atomic mass is 16.5. The number of carbonyl (C=O) groups is 1. The first-order chi connectivity index (χ1) is 12.1. The zero-order valence-electron chi connectivity index (χ0n) is 15.0. The molecule has 1 unspecified atom stereocenters. The van der Waals surface area contributed by atoms with Gasteiger partial charge in [-0.3, -0.25) is 4.79 Å². The number of ether oxygens (including phenoxy) is 2. The van der Waals surface area contributed by atoms with Crippen molar-refractivity contribution in [3.05, 3.63) is 36.0 Å². The Morgan fingerprint density at radius 2 is 1.96 bits per heavy atom. The van der Waals surface area contributed by atoms with Crippen LogP contribution in [-0.4, -0.2) is 28.9 Å². The first-order valence-electron chi connectivity index (χ1n) is 8.75. The van der Waals surface area contributed by atoms with Gasteiger partial charge < -0.3 is 14.8 Å². The topological polar surface area (TPSA) is 65.4 Å². The minimum Gasteiger partial charge on any atom is -0.493 e. The van der Waals surface area contributed by atoms with Crippen LogP contribution in [0.2, 0.25) is 0 Å². The molecule has 1 saturated carbocycles. The number of amides is 1. The van der Waals surface area contributed by atoms with Gasteiger partial charge in [-0.05, 0) is 38.8 Å². The number of hydrogen-bond acceptors (Lipinski definition) is 4. The lowest BCUT2D eigenvalue weighted by Gasteiger charge is -2.18. The summed E-state index contributed by atoms with van der Waals surface area (Å²) in [6, 6.07) is 9.58. The van der Waals surface area contributed by atoms with Crippen molar-refractivity contribution in [2.45, 2.75) is 51.7 Å². The summed E-state index contributed by atoms with van der Waals surface area (Å²) in [5.41, 5.74) is 0.903. The Kier molecular flexibility index (Phi) is 5.26. The quantitative estimate of drug-likeness (QED) is 0.868. The third-order valence-electron chi connectivity index (χ3n) is 4.52. The second kappa shape index (κ2) is 7.59. The SMILES string of the molecule is COc1ccccc1OC(C)C(=O)Nc1cc(C)nn1C1CCCC1. The van der Waals surface area contributed by atoms with E-state index in [1.807, 2.05) is 29.8 Å². The summed E-state index contributed by atoms with van der Waals surface area (Å²) in [7, 11) is 1.58. The maximum Gasteiger partial charge on any atom is 0.266 e. The van der Waals surface area contributed by atoms with Gasteiger partial charge in [0.1, 0.15) is 5.82 Å². The van der Waals surface area contributed by atoms with Crippen LogP contribution in [0.15, 0.2) is 30.3 Å². The van der Waals surface area contributed by atoms with E-state index in [1.54, 1.807) is 26.2 Å². The van der Waals surface area contributed by atoms with E-state index in [2.05, 4.69) is 10.4 Å². The number of anilines is 1. The van der Waals surface area contributed by atoms with Crippen LogP contribution < -0.4 is 14.8 Å². The summed E-state index contributed by atoms with van der Waals surface area (Å²) in [4.78, 5) is 12.6. The second-order valence-electron chi connectivity index (χ2n) is 6.45. The summed E-state index contributed by atoms with van der Waals surface area (Å²) in [5, 5.41) is 7.52. The smallest absolute Gasteiger partial charge is 0.266 e. The summed E-state index contributed by atoms with van der Waals surface area (Å²) in [5.74, 6) is 1.69. The highest BCUT2D eigenvalue weighted by molar-refractivity contribution is 5.93. The van der Waals surface area contributed by atoms with Crippen LogP contribution in [0.3, 0.4) is 0 Å². The molecule has 0 spiro atoms. The van der Waals surface area contributed by atoms with Gasteiger partial charge in [0.25, 0.3) is 5.91 Å². The molecule has 1 fully saturated rings. The molecular formula is C19H25N3O3. The Bertz CT molecular complexity index is 735. The van der Waals surface area contributed by atoms with E-state index in [-0.39, 0.29) is 5.91 Å². The van der Waals surface area contributed by atoms with E-state index in [4.69, 9.17) is 9.47 Å². The second-order valence-corrected chi connectivity index (χ2v) is 6.45. The number of aryl methyl sites for hydroxylation is 1. The van der Waals surface area contributed by atoms with Crippen LogP contribution in [0.1, 0.15) is 44.3 Å². The molecule has 6 nitrogen and oxygen atoms in total. The van der Waals surface area contributed by atoms with Crippen molar-refractivity contribution in [3.63, 3.8) is 0 Å². The van der Waals surface area contributed by atoms with E-state index < -0.39 is 6.10 Å². The molecule has 3 rings (SSSR count). The Morgan fingerprint density at radius 3 is 2.64 bits per heavy atom. The van der Waals surface area contributed by atoms with Gasteiger partial charge in [-0.25, -0.2) is 4.68 Å². The van der Waals surface area contributed by atoms with E-state index in [0.29, 0.717) is 17.5 Å². The first kappa shape index (κ1) is 17.3. The molecule has 1 aromatic carbocycles. The molecule has 25 heavy (non-hydrogen) atoms. The molecule has 2 aromatic rings. The van der Waals surface area contributed by atoms with Crippen LogP contribution in [0.5, 0.6) is 11.5 Å². The Morgan fingerprint density at radius 1 is 1.28 bits per heavy atom. The third kappa shape index (κ3) is 3.95. The van der Waals surface area contributed by atoms with E-state index in [0.717, 1.165) is 24.4 Å². The lowest BCUT2D eigenvalue weighted by molar-refractivity contribution is -0.122. The van der Waals surface area contributed by atoms with Gasteiger partial charge in [0, 0.05) is 6.07 Å². The predicted octanol–water partition coefficient (Wildman–Crippen LogP) is 3.72. The Hall–Kier alpha value is -2.50. The molecular weight excluding hydrogens is 318 g/mol. The molecule has 0 bridgehead atoms. The van der Waals surface area contributed by atoms with Gasteiger partial charge in [-0.2, -0.15) is 5.10 Å². The molecule has 0 saturated heterocycles. The highest BCUT2D eigenvalue weighted by Crippen LogP contribution is 2.32. The molecule has 134 valence electrons. The summed E-state index contributed by atoms with van der Waals surface area (Å²) >= 11 is 0. The van der Waals surface area contributed by atoms with Gasteiger partial charge >= 0.3 is 0 Å². The molecule has 1 heterocycles. The van der Waals surface area contributed by atoms with Crippen molar-refractivity contribution in [1.82, 2.24) is 9.78 Å². The number of methoxy groups -OCH3 is 1. The van der Waals surface area contributed by atoms with E-state index in [1.165, 1.54) is 12.8 Å². The Labute approximate surface area is 148 Å². The molecule has 1 atom stereocenters. The number of nitrogens with one attached hydrogen (secondary N) is 1. The van der Waals surface area contributed by atoms with Gasteiger partial charge in [-0.1, -0.05) is 25.0 Å². The summed E-state index contributed by atoms with van der Waals surface area (Å²) in [6.07, 6.45) is 3.99.